The number of fused-ring (bicyclic) bond motifs is 1. The Morgan fingerprint density at radius 1 is 1.27 bits per heavy atom. The molecule has 226 valence electrons. The minimum Gasteiger partial charge on any atom is -1.00 e. The number of carbonyl (C=O) groups is 3. The predicted molar refractivity (Wildman–Crippen MR) is 147 cm³/mol. The molecule has 41 heavy (non-hydrogen) atoms. The maximum absolute atomic E-state index is 13.1. The molecule has 0 bridgehead atoms. The number of imidazole rings is 1. The Morgan fingerprint density at radius 3 is 2.59 bits per heavy atom. The number of esters is 1. The van der Waals surface area contributed by atoms with Crippen LogP contribution in [0, 0.1) is 11.8 Å². The van der Waals surface area contributed by atoms with Crippen LogP contribution in [0.1, 0.15) is 32.4 Å². The lowest BCUT2D eigenvalue weighted by atomic mass is 9.79. The molecule has 0 aliphatic carbocycles. The van der Waals surface area contributed by atoms with Crippen LogP contribution in [0.4, 0.5) is 4.79 Å². The third kappa shape index (κ3) is 6.67. The molecule has 2 fully saturated rings. The number of carbonyl (C=O) groups excluding carboxylic acids is 3. The zero-order valence-corrected chi connectivity index (χ0v) is 26.6. The Balaban J connectivity index is 0.00000462. The normalized spacial score (nSPS) is 25.8. The predicted octanol–water partition coefficient (Wildman–Crippen LogP) is -1.50. The summed E-state index contributed by atoms with van der Waals surface area (Å²) in [6.45, 7) is 11.8. The standard InChI is InChI=1S/C28H39N4O7S.HI/c1-6-10-38-27(36)24-25(17(3)23-22(18(4)34)26(35)32(23)24)40-21-12-19(31(14-21)28(37)39-11-7-2)8-9-30-16-29(5)13-20(30)15-33;/h6-7,13,16-19,21-23,33-34H,1-2,8-12,14-15H2,3-5H3;1H/q+1;/p-1/t17-,18-,19-,21+,22-,23-;/m1./s1. The fourth-order valence-corrected chi connectivity index (χ4v) is 7.54. The zero-order valence-electron chi connectivity index (χ0n) is 23.6. The Labute approximate surface area is 261 Å². The molecule has 4 rings (SSSR count). The number of nitrogens with zero attached hydrogens (tertiary/aromatic N) is 4. The minimum atomic E-state index is -0.837. The van der Waals surface area contributed by atoms with Crippen LogP contribution in [-0.4, -0.2) is 85.7 Å². The summed E-state index contributed by atoms with van der Waals surface area (Å²) in [7, 11) is 1.89. The van der Waals surface area contributed by atoms with Gasteiger partial charge in [-0.15, -0.1) is 11.8 Å². The van der Waals surface area contributed by atoms with E-state index in [1.54, 1.807) is 11.8 Å². The maximum atomic E-state index is 13.1. The maximum Gasteiger partial charge on any atom is 0.410 e. The van der Waals surface area contributed by atoms with Crippen LogP contribution in [0.5, 0.6) is 0 Å². The fraction of sp³-hybridized carbons (Fsp3) is 0.571. The van der Waals surface area contributed by atoms with Crippen molar-refractivity contribution in [2.75, 3.05) is 19.8 Å². The number of β-lactam (4-membered cyclic amide) rings is 1. The summed E-state index contributed by atoms with van der Waals surface area (Å²) in [6.07, 6.45) is 6.78. The average Bonchev–Trinajstić information content (AvgIpc) is 3.56. The summed E-state index contributed by atoms with van der Waals surface area (Å²) < 4.78 is 14.6. The van der Waals surface area contributed by atoms with Gasteiger partial charge in [0.1, 0.15) is 31.7 Å². The van der Waals surface area contributed by atoms with Gasteiger partial charge in [0.2, 0.25) is 12.2 Å². The van der Waals surface area contributed by atoms with Gasteiger partial charge in [-0.05, 0) is 13.3 Å². The molecule has 2 amide bonds. The second kappa shape index (κ2) is 14.2. The SMILES string of the molecule is C=CCOC(=O)C1=C(S[C@H]2C[C@@H](CCn3c[n+](C)cc3CO)N(C(=O)OCC=C)C2)[C@H](C)[C@@H]2[C@@H]([C@@H](C)O)C(=O)N12.[I-]. The van der Waals surface area contributed by atoms with Crippen molar-refractivity contribution >= 4 is 29.7 Å². The first-order chi connectivity index (χ1) is 19.1. The van der Waals surface area contributed by atoms with Crippen molar-refractivity contribution in [3.8, 4) is 0 Å². The molecule has 3 aliphatic heterocycles. The molecule has 0 radical (unpaired) electrons. The van der Waals surface area contributed by atoms with E-state index in [2.05, 4.69) is 13.2 Å². The van der Waals surface area contributed by atoms with E-state index in [4.69, 9.17) is 9.47 Å². The summed E-state index contributed by atoms with van der Waals surface area (Å²) in [6, 6.07) is -0.454. The molecular weight excluding hydrogens is 663 g/mol. The van der Waals surface area contributed by atoms with Gasteiger partial charge in [-0.2, -0.15) is 0 Å². The number of halogens is 1. The summed E-state index contributed by atoms with van der Waals surface area (Å²) in [5.74, 6) is -1.64. The number of likely N-dealkylation sites (tertiary alicyclic amines) is 1. The van der Waals surface area contributed by atoms with Crippen LogP contribution in [0.25, 0.3) is 0 Å². The molecule has 1 aromatic rings. The van der Waals surface area contributed by atoms with Gasteiger partial charge >= 0.3 is 12.1 Å². The van der Waals surface area contributed by atoms with Gasteiger partial charge in [0.15, 0.2) is 5.69 Å². The van der Waals surface area contributed by atoms with Crippen LogP contribution in [0.2, 0.25) is 0 Å². The van der Waals surface area contributed by atoms with Gasteiger partial charge in [0.25, 0.3) is 0 Å². The zero-order chi connectivity index (χ0) is 29.1. The molecule has 0 spiro atoms. The number of amides is 2. The highest BCUT2D eigenvalue weighted by atomic mass is 127. The number of ether oxygens (including phenoxy) is 2. The van der Waals surface area contributed by atoms with Crippen molar-refractivity contribution in [3.63, 3.8) is 0 Å². The number of rotatable bonds is 12. The van der Waals surface area contributed by atoms with Crippen LogP contribution >= 0.6 is 11.8 Å². The number of thioether (sulfide) groups is 1. The molecule has 3 aliphatic rings. The van der Waals surface area contributed by atoms with Crippen molar-refractivity contribution < 1.29 is 62.6 Å². The van der Waals surface area contributed by atoms with Crippen LogP contribution in [-0.2, 0) is 39.3 Å². The number of aliphatic hydroxyl groups excluding tert-OH is 2. The van der Waals surface area contributed by atoms with Crippen molar-refractivity contribution in [1.82, 2.24) is 14.4 Å². The number of aliphatic hydroxyl groups is 2. The molecule has 2 N–H and O–H groups in total. The minimum absolute atomic E-state index is 0. The number of aromatic nitrogens is 2. The smallest absolute Gasteiger partial charge is 0.410 e. The van der Waals surface area contributed by atoms with E-state index in [9.17, 15) is 24.6 Å². The lowest BCUT2D eigenvalue weighted by molar-refractivity contribution is -0.671. The highest BCUT2D eigenvalue weighted by molar-refractivity contribution is 8.03. The third-order valence-electron chi connectivity index (χ3n) is 7.77. The molecule has 1 aromatic heterocycles. The van der Waals surface area contributed by atoms with Gasteiger partial charge in [0.05, 0.1) is 31.7 Å². The van der Waals surface area contributed by atoms with Crippen molar-refractivity contribution in [2.24, 2.45) is 18.9 Å². The van der Waals surface area contributed by atoms with Crippen LogP contribution < -0.4 is 28.5 Å². The number of hydrogen-bond acceptors (Lipinski definition) is 8. The lowest BCUT2D eigenvalue weighted by Crippen LogP contribution is -3.00. The van der Waals surface area contributed by atoms with Crippen LogP contribution in [0.15, 0.2) is 48.4 Å². The second-order valence-electron chi connectivity index (χ2n) is 10.5. The molecule has 0 aromatic carbocycles. The Kier molecular flexibility index (Phi) is 11.5. The van der Waals surface area contributed by atoms with Gasteiger partial charge in [0, 0.05) is 35.1 Å². The molecule has 13 heteroatoms. The lowest BCUT2D eigenvalue weighted by Gasteiger charge is -2.46. The first kappa shape index (κ1) is 33.1. The quantitative estimate of drug-likeness (QED) is 0.0888. The molecule has 11 nitrogen and oxygen atoms in total. The summed E-state index contributed by atoms with van der Waals surface area (Å²) in [5, 5.41) is 19.9. The summed E-state index contributed by atoms with van der Waals surface area (Å²) >= 11 is 1.50. The Hall–Kier alpha value is -2.36. The average molecular weight is 703 g/mol. The van der Waals surface area contributed by atoms with Gasteiger partial charge < -0.3 is 53.5 Å². The molecule has 6 atom stereocenters. The van der Waals surface area contributed by atoms with E-state index in [1.165, 1.54) is 28.8 Å². The van der Waals surface area contributed by atoms with Crippen molar-refractivity contribution in [2.45, 2.75) is 63.3 Å². The number of aryl methyl sites for hydroxylation is 2. The molecule has 4 heterocycles. The molecular formula is C28H39IN4O7S. The topological polar surface area (TPSA) is 125 Å². The van der Waals surface area contributed by atoms with E-state index >= 15 is 0 Å². The fourth-order valence-electron chi connectivity index (χ4n) is 5.98. The first-order valence-corrected chi connectivity index (χ1v) is 14.4. The van der Waals surface area contributed by atoms with E-state index in [1.807, 2.05) is 35.6 Å². The molecule has 0 unspecified atom stereocenters. The summed E-state index contributed by atoms with van der Waals surface area (Å²) in [4.78, 5) is 43.0. The van der Waals surface area contributed by atoms with E-state index in [0.717, 1.165) is 10.6 Å². The monoisotopic (exact) mass is 702 g/mol. The van der Waals surface area contributed by atoms with Crippen LogP contribution in [0.3, 0.4) is 0 Å². The Bertz CT molecular complexity index is 1200. The first-order valence-electron chi connectivity index (χ1n) is 13.5. The van der Waals surface area contributed by atoms with Gasteiger partial charge in [-0.25, -0.2) is 18.7 Å². The van der Waals surface area contributed by atoms with Crippen molar-refractivity contribution in [1.29, 1.82) is 0 Å². The van der Waals surface area contributed by atoms with Gasteiger partial charge in [-0.1, -0.05) is 32.2 Å². The third-order valence-corrected chi connectivity index (χ3v) is 9.27. The second-order valence-corrected chi connectivity index (χ2v) is 11.9. The van der Waals surface area contributed by atoms with Gasteiger partial charge in [-0.3, -0.25) is 4.79 Å². The van der Waals surface area contributed by atoms with E-state index in [-0.39, 0.29) is 78.7 Å². The Morgan fingerprint density at radius 2 is 1.95 bits per heavy atom. The molecule has 0 saturated carbocycles. The highest BCUT2D eigenvalue weighted by Gasteiger charge is 2.60. The molecule has 2 saturated heterocycles. The largest absolute Gasteiger partial charge is 1.00 e. The van der Waals surface area contributed by atoms with E-state index in [0.29, 0.717) is 25.9 Å². The summed E-state index contributed by atoms with van der Waals surface area (Å²) in [5.41, 5.74) is 1.00. The number of hydrogen-bond donors (Lipinski definition) is 2. The highest BCUT2D eigenvalue weighted by Crippen LogP contribution is 2.52. The van der Waals surface area contributed by atoms with Crippen molar-refractivity contribution in [3.05, 3.63) is 54.1 Å². The van der Waals surface area contributed by atoms with E-state index < -0.39 is 24.1 Å².